The van der Waals surface area contributed by atoms with Crippen LogP contribution in [0.2, 0.25) is 0 Å². The summed E-state index contributed by atoms with van der Waals surface area (Å²) in [4.78, 5) is 27.8. The highest BCUT2D eigenvalue weighted by Gasteiger charge is 2.24. The minimum absolute atomic E-state index is 0.0449. The Balaban J connectivity index is 1.79. The summed E-state index contributed by atoms with van der Waals surface area (Å²) in [6.45, 7) is 1.32. The minimum atomic E-state index is -0.972. The van der Waals surface area contributed by atoms with Gasteiger partial charge in [-0.05, 0) is 43.5 Å². The SMILES string of the molecule is COc1cc(NC(=O)CSc2ccc(F)c(F)c2)c(C(=O)N2CCCCC2)cc1OC. The number of amides is 2. The van der Waals surface area contributed by atoms with Gasteiger partial charge in [-0.15, -0.1) is 11.8 Å². The fourth-order valence-electron chi connectivity index (χ4n) is 3.33. The molecule has 1 heterocycles. The molecule has 166 valence electrons. The number of nitrogens with zero attached hydrogens (tertiary/aromatic N) is 1. The fraction of sp³-hybridized carbons (Fsp3) is 0.364. The van der Waals surface area contributed by atoms with Crippen molar-refractivity contribution in [2.24, 2.45) is 0 Å². The molecule has 0 spiro atoms. The number of hydrogen-bond acceptors (Lipinski definition) is 5. The van der Waals surface area contributed by atoms with Crippen LogP contribution in [0.3, 0.4) is 0 Å². The van der Waals surface area contributed by atoms with Gasteiger partial charge in [0.25, 0.3) is 5.91 Å². The summed E-state index contributed by atoms with van der Waals surface area (Å²) in [7, 11) is 2.94. The van der Waals surface area contributed by atoms with Crippen molar-refractivity contribution in [3.8, 4) is 11.5 Å². The first-order valence-corrected chi connectivity index (χ1v) is 10.8. The van der Waals surface area contributed by atoms with Crippen molar-refractivity contribution >= 4 is 29.3 Å². The number of hydrogen-bond donors (Lipinski definition) is 1. The van der Waals surface area contributed by atoms with Crippen molar-refractivity contribution < 1.29 is 27.8 Å². The Morgan fingerprint density at radius 3 is 2.32 bits per heavy atom. The number of carbonyl (C=O) groups excluding carboxylic acids is 2. The zero-order valence-corrected chi connectivity index (χ0v) is 18.2. The first kappa shape index (κ1) is 22.9. The highest BCUT2D eigenvalue weighted by molar-refractivity contribution is 8.00. The fourth-order valence-corrected chi connectivity index (χ4v) is 4.05. The normalized spacial score (nSPS) is 13.6. The molecule has 0 atom stereocenters. The van der Waals surface area contributed by atoms with E-state index in [2.05, 4.69) is 5.32 Å². The van der Waals surface area contributed by atoms with E-state index in [-0.39, 0.29) is 11.7 Å². The molecule has 0 bridgehead atoms. The van der Waals surface area contributed by atoms with E-state index in [1.807, 2.05) is 0 Å². The maximum Gasteiger partial charge on any atom is 0.256 e. The standard InChI is InChI=1S/C22H24F2N2O4S/c1-29-19-11-15(22(28)26-8-4-3-5-9-26)18(12-20(19)30-2)25-21(27)13-31-14-6-7-16(23)17(24)10-14/h6-7,10-12H,3-5,8-9,13H2,1-2H3,(H,25,27). The van der Waals surface area contributed by atoms with E-state index in [0.717, 1.165) is 43.2 Å². The van der Waals surface area contributed by atoms with Crippen molar-refractivity contribution in [1.82, 2.24) is 4.90 Å². The Morgan fingerprint density at radius 1 is 1.00 bits per heavy atom. The summed E-state index contributed by atoms with van der Waals surface area (Å²) in [6, 6.07) is 6.57. The van der Waals surface area contributed by atoms with Gasteiger partial charge in [0.1, 0.15) is 0 Å². The van der Waals surface area contributed by atoms with E-state index >= 15 is 0 Å². The molecule has 2 aromatic rings. The monoisotopic (exact) mass is 450 g/mol. The molecule has 6 nitrogen and oxygen atoms in total. The Morgan fingerprint density at radius 2 is 1.68 bits per heavy atom. The number of nitrogens with one attached hydrogen (secondary N) is 1. The van der Waals surface area contributed by atoms with E-state index in [1.54, 1.807) is 17.0 Å². The number of rotatable bonds is 7. The largest absolute Gasteiger partial charge is 0.493 e. The molecule has 2 amide bonds. The first-order chi connectivity index (χ1) is 14.9. The van der Waals surface area contributed by atoms with Crippen LogP contribution in [0.1, 0.15) is 29.6 Å². The number of ether oxygens (including phenoxy) is 2. The Labute approximate surface area is 183 Å². The molecule has 0 aliphatic carbocycles. The molecule has 1 aliphatic heterocycles. The summed E-state index contributed by atoms with van der Waals surface area (Å²) in [5.41, 5.74) is 0.620. The molecular weight excluding hydrogens is 426 g/mol. The second-order valence-corrected chi connectivity index (χ2v) is 8.07. The minimum Gasteiger partial charge on any atom is -0.493 e. The summed E-state index contributed by atoms with van der Waals surface area (Å²) >= 11 is 1.06. The summed E-state index contributed by atoms with van der Waals surface area (Å²) < 4.78 is 37.1. The Bertz CT molecular complexity index is 965. The second-order valence-electron chi connectivity index (χ2n) is 7.02. The zero-order chi connectivity index (χ0) is 22.4. The molecule has 1 N–H and O–H groups in total. The van der Waals surface area contributed by atoms with Crippen LogP contribution in [0.15, 0.2) is 35.2 Å². The van der Waals surface area contributed by atoms with Gasteiger partial charge in [-0.3, -0.25) is 9.59 Å². The third-order valence-electron chi connectivity index (χ3n) is 4.93. The molecule has 9 heteroatoms. The summed E-state index contributed by atoms with van der Waals surface area (Å²) in [5, 5.41) is 2.74. The molecule has 31 heavy (non-hydrogen) atoms. The molecule has 0 saturated carbocycles. The molecule has 1 fully saturated rings. The van der Waals surface area contributed by atoms with E-state index in [4.69, 9.17) is 9.47 Å². The third kappa shape index (κ3) is 5.66. The highest BCUT2D eigenvalue weighted by atomic mass is 32.2. The number of likely N-dealkylation sites (tertiary alicyclic amines) is 1. The predicted molar refractivity (Wildman–Crippen MR) is 115 cm³/mol. The van der Waals surface area contributed by atoms with Gasteiger partial charge in [-0.1, -0.05) is 0 Å². The molecule has 0 aromatic heterocycles. The van der Waals surface area contributed by atoms with Crippen LogP contribution in [0.4, 0.5) is 14.5 Å². The third-order valence-corrected chi connectivity index (χ3v) is 5.93. The van der Waals surface area contributed by atoms with E-state index in [1.165, 1.54) is 20.3 Å². The maximum atomic E-state index is 13.4. The highest BCUT2D eigenvalue weighted by Crippen LogP contribution is 2.34. The lowest BCUT2D eigenvalue weighted by Crippen LogP contribution is -2.36. The molecular formula is C22H24F2N2O4S. The van der Waals surface area contributed by atoms with Gasteiger partial charge in [0.2, 0.25) is 5.91 Å². The van der Waals surface area contributed by atoms with Gasteiger partial charge in [-0.25, -0.2) is 8.78 Å². The summed E-state index contributed by atoms with van der Waals surface area (Å²) in [5.74, 6) is -1.78. The molecule has 0 radical (unpaired) electrons. The van der Waals surface area contributed by atoms with Gasteiger partial charge in [0, 0.05) is 24.1 Å². The van der Waals surface area contributed by atoms with E-state index in [0.29, 0.717) is 40.7 Å². The van der Waals surface area contributed by atoms with Gasteiger partial charge >= 0.3 is 0 Å². The number of anilines is 1. The average Bonchev–Trinajstić information content (AvgIpc) is 2.79. The van der Waals surface area contributed by atoms with Crippen LogP contribution < -0.4 is 14.8 Å². The van der Waals surface area contributed by atoms with Crippen molar-refractivity contribution in [2.45, 2.75) is 24.2 Å². The Kier molecular flexibility index (Phi) is 7.73. The molecule has 1 aliphatic rings. The van der Waals surface area contributed by atoms with Crippen molar-refractivity contribution in [3.63, 3.8) is 0 Å². The van der Waals surface area contributed by atoms with Crippen LogP contribution in [-0.4, -0.2) is 49.8 Å². The number of methoxy groups -OCH3 is 2. The van der Waals surface area contributed by atoms with Gasteiger partial charge in [-0.2, -0.15) is 0 Å². The topological polar surface area (TPSA) is 67.9 Å². The number of carbonyl (C=O) groups is 2. The van der Waals surface area contributed by atoms with E-state index in [9.17, 15) is 18.4 Å². The van der Waals surface area contributed by atoms with Crippen LogP contribution in [-0.2, 0) is 4.79 Å². The lowest BCUT2D eigenvalue weighted by Gasteiger charge is -2.28. The molecule has 0 unspecified atom stereocenters. The van der Waals surface area contributed by atoms with Gasteiger partial charge in [0.15, 0.2) is 23.1 Å². The van der Waals surface area contributed by atoms with Crippen molar-refractivity contribution in [2.75, 3.05) is 38.4 Å². The average molecular weight is 451 g/mol. The smallest absolute Gasteiger partial charge is 0.256 e. The number of piperidine rings is 1. The first-order valence-electron chi connectivity index (χ1n) is 9.86. The van der Waals surface area contributed by atoms with Crippen LogP contribution >= 0.6 is 11.8 Å². The van der Waals surface area contributed by atoms with Gasteiger partial charge < -0.3 is 19.7 Å². The number of benzene rings is 2. The zero-order valence-electron chi connectivity index (χ0n) is 17.4. The Hall–Kier alpha value is -2.81. The molecule has 3 rings (SSSR count). The number of halogens is 2. The van der Waals surface area contributed by atoms with Crippen LogP contribution in [0, 0.1) is 11.6 Å². The quantitative estimate of drug-likeness (QED) is 0.636. The lowest BCUT2D eigenvalue weighted by molar-refractivity contribution is -0.113. The predicted octanol–water partition coefficient (Wildman–Crippen LogP) is 4.34. The summed E-state index contributed by atoms with van der Waals surface area (Å²) in [6.07, 6.45) is 2.96. The van der Waals surface area contributed by atoms with E-state index < -0.39 is 17.5 Å². The van der Waals surface area contributed by atoms with Crippen molar-refractivity contribution in [3.05, 3.63) is 47.5 Å². The van der Waals surface area contributed by atoms with Crippen LogP contribution in [0.5, 0.6) is 11.5 Å². The lowest BCUT2D eigenvalue weighted by atomic mass is 10.1. The number of thioether (sulfide) groups is 1. The molecule has 1 saturated heterocycles. The van der Waals surface area contributed by atoms with Gasteiger partial charge in [0.05, 0.1) is 31.2 Å². The van der Waals surface area contributed by atoms with Crippen molar-refractivity contribution in [1.29, 1.82) is 0 Å². The maximum absolute atomic E-state index is 13.4. The second kappa shape index (κ2) is 10.5. The molecule has 2 aromatic carbocycles. The van der Waals surface area contributed by atoms with Crippen LogP contribution in [0.25, 0.3) is 0 Å².